The minimum absolute atomic E-state index is 0.139. The molecule has 15 aromatic carbocycles. The zero-order valence-corrected chi connectivity index (χ0v) is 54.2. The molecular weight excluding hydrogens is 1150 g/mol. The van der Waals surface area contributed by atoms with Gasteiger partial charge in [0.15, 0.2) is 5.58 Å². The van der Waals surface area contributed by atoms with E-state index in [4.69, 9.17) is 4.42 Å². The lowest BCUT2D eigenvalue weighted by Gasteiger charge is -2.46. The lowest BCUT2D eigenvalue weighted by atomic mass is 9.33. The third-order valence-electron chi connectivity index (χ3n) is 20.2. The van der Waals surface area contributed by atoms with Crippen LogP contribution in [0.3, 0.4) is 0 Å². The smallest absolute Gasteiger partial charge is 0.252 e. The van der Waals surface area contributed by atoms with Gasteiger partial charge >= 0.3 is 0 Å². The molecule has 0 spiro atoms. The van der Waals surface area contributed by atoms with Crippen LogP contribution in [0.4, 0.5) is 51.2 Å². The summed E-state index contributed by atoms with van der Waals surface area (Å²) in [5.74, 6) is 0. The van der Waals surface area contributed by atoms with Crippen molar-refractivity contribution in [2.24, 2.45) is 0 Å². The predicted molar refractivity (Wildman–Crippen MR) is 405 cm³/mol. The van der Waals surface area contributed by atoms with Gasteiger partial charge in [0, 0.05) is 56.0 Å². The second-order valence-corrected chi connectivity index (χ2v) is 28.0. The van der Waals surface area contributed by atoms with Gasteiger partial charge in [-0.25, -0.2) is 0 Å². The topological polar surface area (TPSA) is 22.9 Å². The van der Waals surface area contributed by atoms with Crippen molar-refractivity contribution in [1.82, 2.24) is 0 Å². The Hall–Kier alpha value is -11.4. The third-order valence-corrected chi connectivity index (χ3v) is 20.2. The van der Waals surface area contributed by atoms with Crippen molar-refractivity contribution in [2.45, 2.75) is 52.4 Å². The highest BCUT2D eigenvalue weighted by Crippen LogP contribution is 2.53. The number of fused-ring (bicyclic) bond motifs is 7. The van der Waals surface area contributed by atoms with Crippen LogP contribution in [0.25, 0.3) is 98.8 Å². The van der Waals surface area contributed by atoms with Gasteiger partial charge in [-0.15, -0.1) is 0 Å². The van der Waals surface area contributed by atoms with Crippen LogP contribution in [-0.2, 0) is 10.8 Å². The van der Waals surface area contributed by atoms with Crippen LogP contribution in [-0.4, -0.2) is 6.71 Å². The first kappa shape index (κ1) is 56.4. The maximum atomic E-state index is 6.95. The van der Waals surface area contributed by atoms with Crippen LogP contribution >= 0.6 is 0 Å². The molecule has 95 heavy (non-hydrogen) atoms. The van der Waals surface area contributed by atoms with E-state index in [0.29, 0.717) is 0 Å². The molecule has 0 N–H and O–H groups in total. The first-order valence-electron chi connectivity index (χ1n) is 33.3. The Morgan fingerprint density at radius 2 is 0.832 bits per heavy atom. The molecule has 0 saturated heterocycles. The van der Waals surface area contributed by atoms with Gasteiger partial charge in [-0.2, -0.15) is 0 Å². The fraction of sp³-hybridized carbons (Fsp3) is 0.0889. The van der Waals surface area contributed by atoms with Gasteiger partial charge in [0.25, 0.3) is 6.71 Å². The molecule has 2 aliphatic rings. The highest BCUT2D eigenvalue weighted by Gasteiger charge is 2.45. The van der Waals surface area contributed by atoms with E-state index in [1.54, 1.807) is 0 Å². The largest absolute Gasteiger partial charge is 0.454 e. The summed E-state index contributed by atoms with van der Waals surface area (Å²) in [7, 11) is 0. The molecule has 0 amide bonds. The Labute approximate surface area is 555 Å². The number of hydrogen-bond acceptors (Lipinski definition) is 4. The fourth-order valence-corrected chi connectivity index (χ4v) is 15.7. The molecule has 0 unspecified atom stereocenters. The summed E-state index contributed by atoms with van der Waals surface area (Å²) in [6.07, 6.45) is 0. The number of anilines is 9. The number of rotatable bonds is 9. The second-order valence-electron chi connectivity index (χ2n) is 28.0. The van der Waals surface area contributed by atoms with Gasteiger partial charge < -0.3 is 19.1 Å². The molecule has 2 aliphatic heterocycles. The minimum Gasteiger partial charge on any atom is -0.454 e. The lowest BCUT2D eigenvalue weighted by Crippen LogP contribution is -2.61. The molecule has 3 heterocycles. The van der Waals surface area contributed by atoms with E-state index in [1.807, 2.05) is 0 Å². The van der Waals surface area contributed by atoms with Crippen molar-refractivity contribution in [1.29, 1.82) is 0 Å². The average molecular weight is 1220 g/mol. The predicted octanol–water partition coefficient (Wildman–Crippen LogP) is 23.3. The summed E-state index contributed by atoms with van der Waals surface area (Å²) in [4.78, 5) is 7.67. The van der Waals surface area contributed by atoms with E-state index >= 15 is 0 Å². The average Bonchev–Trinajstić information content (AvgIpc) is 1.11. The van der Waals surface area contributed by atoms with Crippen LogP contribution in [0, 0.1) is 0 Å². The van der Waals surface area contributed by atoms with E-state index < -0.39 is 0 Å². The summed E-state index contributed by atoms with van der Waals surface area (Å²) < 4.78 is 6.95. The van der Waals surface area contributed by atoms with Crippen molar-refractivity contribution < 1.29 is 4.42 Å². The van der Waals surface area contributed by atoms with E-state index in [9.17, 15) is 0 Å². The maximum absolute atomic E-state index is 6.95. The molecule has 0 radical (unpaired) electrons. The summed E-state index contributed by atoms with van der Waals surface area (Å²) >= 11 is 0. The molecule has 0 bridgehead atoms. The van der Waals surface area contributed by atoms with Crippen molar-refractivity contribution in [3.8, 4) is 44.5 Å². The standard InChI is InChI=1S/C90H68BN3O/c1-89(2,3)65-44-48-78(74(54-65)63-50-61-42-40-59-28-22-29-60-41-43-62(51-63)86(61)85(59)60)93-79-49-45-66(90(4,5)6)55-76(79)91-75-47-46-68(92(67-30-14-9-15-31-67)80-38-23-36-73-72-35-19-21-39-84(72)95-88(73)80)56-81(75)94(77-37-20-18-34-71(77)58-26-12-8-13-27-58)83-53-64(52-82(93)87(83)91)70-33-17-16-32-69(70)57-24-10-7-11-25-57/h7-56H,1-6H3. The van der Waals surface area contributed by atoms with Gasteiger partial charge in [0.05, 0.1) is 17.1 Å². The highest BCUT2D eigenvalue weighted by molar-refractivity contribution is 7.00. The highest BCUT2D eigenvalue weighted by atomic mass is 16.3. The number of para-hydroxylation sites is 4. The molecule has 0 saturated carbocycles. The summed E-state index contributed by atoms with van der Waals surface area (Å²) in [5, 5.41) is 9.82. The number of furan rings is 1. The van der Waals surface area contributed by atoms with E-state index in [-0.39, 0.29) is 17.5 Å². The normalized spacial score (nSPS) is 12.9. The minimum atomic E-state index is -0.199. The summed E-state index contributed by atoms with van der Waals surface area (Å²) in [5.41, 5.74) is 26.7. The molecule has 452 valence electrons. The van der Waals surface area contributed by atoms with Crippen LogP contribution in [0.1, 0.15) is 52.7 Å². The molecule has 0 aliphatic carbocycles. The van der Waals surface area contributed by atoms with Gasteiger partial charge in [0.2, 0.25) is 0 Å². The zero-order valence-electron chi connectivity index (χ0n) is 54.2. The summed E-state index contributed by atoms with van der Waals surface area (Å²) in [6.45, 7) is 13.9. The van der Waals surface area contributed by atoms with Crippen LogP contribution < -0.4 is 31.1 Å². The third kappa shape index (κ3) is 9.12. The summed E-state index contributed by atoms with van der Waals surface area (Å²) in [6, 6.07) is 114. The molecule has 0 atom stereocenters. The first-order valence-corrected chi connectivity index (χ1v) is 33.3. The van der Waals surface area contributed by atoms with Crippen LogP contribution in [0.2, 0.25) is 0 Å². The van der Waals surface area contributed by atoms with Crippen molar-refractivity contribution >= 4 is 129 Å². The van der Waals surface area contributed by atoms with Crippen LogP contribution in [0.15, 0.2) is 308 Å². The fourth-order valence-electron chi connectivity index (χ4n) is 15.7. The van der Waals surface area contributed by atoms with Crippen molar-refractivity contribution in [2.75, 3.05) is 14.7 Å². The van der Waals surface area contributed by atoms with Gasteiger partial charge in [-0.1, -0.05) is 260 Å². The Morgan fingerprint density at radius 1 is 0.316 bits per heavy atom. The molecule has 16 aromatic rings. The first-order chi connectivity index (χ1) is 46.4. The Balaban J connectivity index is 0.968. The van der Waals surface area contributed by atoms with Crippen LogP contribution in [0.5, 0.6) is 0 Å². The van der Waals surface area contributed by atoms with E-state index in [2.05, 4.69) is 360 Å². The zero-order chi connectivity index (χ0) is 63.8. The Bertz CT molecular complexity index is 5660. The van der Waals surface area contributed by atoms with Gasteiger partial charge in [-0.3, -0.25) is 0 Å². The van der Waals surface area contributed by atoms with Crippen molar-refractivity contribution in [3.05, 3.63) is 314 Å². The molecule has 4 nitrogen and oxygen atoms in total. The Kier molecular flexibility index (Phi) is 12.8. The quantitative estimate of drug-likeness (QED) is 0.106. The number of hydrogen-bond donors (Lipinski definition) is 0. The van der Waals surface area contributed by atoms with E-state index in [0.717, 1.165) is 95.4 Å². The van der Waals surface area contributed by atoms with Gasteiger partial charge in [-0.05, 0) is 189 Å². The van der Waals surface area contributed by atoms with Crippen molar-refractivity contribution in [3.63, 3.8) is 0 Å². The maximum Gasteiger partial charge on any atom is 0.252 e. The van der Waals surface area contributed by atoms with E-state index in [1.165, 1.54) is 82.1 Å². The molecule has 18 rings (SSSR count). The number of benzene rings is 15. The molecule has 0 fully saturated rings. The molecular formula is C90H68BN3O. The molecule has 1 aromatic heterocycles. The second kappa shape index (κ2) is 21.6. The Morgan fingerprint density at radius 3 is 1.52 bits per heavy atom. The van der Waals surface area contributed by atoms with Gasteiger partial charge in [0.1, 0.15) is 5.58 Å². The SMILES string of the molecule is CC(C)(C)c1ccc2c(c1)B1c3ccc(N(c4ccccc4)c4cccc5c4oc4ccccc45)cc3N(c3ccccc3-c3ccccc3)c3cc(-c4ccccc4-c4ccccc4)cc(c31)N2c1ccc(C(C)(C)C)cc1-c1cc2ccc3cccc4ccc(c1)c2c34. The monoisotopic (exact) mass is 1220 g/mol. The number of nitrogens with zero attached hydrogens (tertiary/aromatic N) is 3. The lowest BCUT2D eigenvalue weighted by molar-refractivity contribution is 0.590. The molecule has 5 heteroatoms.